The highest BCUT2D eigenvalue weighted by molar-refractivity contribution is 5.00. The van der Waals surface area contributed by atoms with Crippen LogP contribution in [0.15, 0.2) is 0 Å². The second-order valence-electron chi connectivity index (χ2n) is 7.25. The molecule has 20 heavy (non-hydrogen) atoms. The van der Waals surface area contributed by atoms with Gasteiger partial charge in [0.1, 0.15) is 0 Å². The number of hydrogen-bond acceptors (Lipinski definition) is 4. The van der Waals surface area contributed by atoms with Crippen molar-refractivity contribution in [2.24, 2.45) is 11.7 Å². The van der Waals surface area contributed by atoms with Crippen LogP contribution in [0, 0.1) is 5.92 Å². The van der Waals surface area contributed by atoms with E-state index >= 15 is 0 Å². The van der Waals surface area contributed by atoms with Crippen LogP contribution in [-0.2, 0) is 4.74 Å². The molecule has 0 aliphatic carbocycles. The van der Waals surface area contributed by atoms with Crippen LogP contribution in [0.5, 0.6) is 0 Å². The molecule has 0 amide bonds. The van der Waals surface area contributed by atoms with E-state index in [2.05, 4.69) is 23.8 Å². The van der Waals surface area contributed by atoms with Gasteiger partial charge in [0, 0.05) is 37.8 Å². The number of hydrogen-bond donors (Lipinski definition) is 1. The van der Waals surface area contributed by atoms with Crippen LogP contribution in [0.25, 0.3) is 0 Å². The van der Waals surface area contributed by atoms with Crippen LogP contribution < -0.4 is 5.73 Å². The number of nitrogens with zero attached hydrogens (tertiary/aromatic N) is 2. The van der Waals surface area contributed by atoms with Crippen LogP contribution >= 0.6 is 0 Å². The van der Waals surface area contributed by atoms with E-state index in [1.807, 2.05) is 0 Å². The summed E-state index contributed by atoms with van der Waals surface area (Å²) in [6.07, 6.45) is 6.66. The Morgan fingerprint density at radius 1 is 1.30 bits per heavy atom. The zero-order valence-electron chi connectivity index (χ0n) is 13.2. The third kappa shape index (κ3) is 2.63. The highest BCUT2D eigenvalue weighted by atomic mass is 16.5. The third-order valence-electron chi connectivity index (χ3n) is 6.03. The van der Waals surface area contributed by atoms with E-state index in [1.165, 1.54) is 38.9 Å². The number of likely N-dealkylation sites (tertiary alicyclic amines) is 2. The van der Waals surface area contributed by atoms with Gasteiger partial charge < -0.3 is 15.4 Å². The number of ether oxygens (including phenoxy) is 1. The summed E-state index contributed by atoms with van der Waals surface area (Å²) >= 11 is 0. The lowest BCUT2D eigenvalue weighted by Gasteiger charge is -2.54. The zero-order chi connectivity index (χ0) is 14.2. The SMILES string of the molecule is CC1CC(CN)(N2CCC3C(CCCN3C)C2)CCO1. The molecular formula is C16H31N3O. The maximum Gasteiger partial charge on any atom is 0.0565 e. The molecule has 3 aliphatic heterocycles. The lowest BCUT2D eigenvalue weighted by molar-refractivity contribution is -0.0882. The smallest absolute Gasteiger partial charge is 0.0565 e. The minimum atomic E-state index is 0.207. The fourth-order valence-electron chi connectivity index (χ4n) is 4.83. The Labute approximate surface area is 123 Å². The van der Waals surface area contributed by atoms with Gasteiger partial charge in [0.2, 0.25) is 0 Å². The molecule has 3 saturated heterocycles. The van der Waals surface area contributed by atoms with Crippen molar-refractivity contribution in [3.63, 3.8) is 0 Å². The molecule has 3 rings (SSSR count). The summed E-state index contributed by atoms with van der Waals surface area (Å²) in [7, 11) is 2.31. The van der Waals surface area contributed by atoms with Crippen molar-refractivity contribution < 1.29 is 4.74 Å². The first-order valence-electron chi connectivity index (χ1n) is 8.41. The average Bonchev–Trinajstić information content (AvgIpc) is 2.47. The standard InChI is InChI=1S/C16H31N3O/c1-13-10-16(12-17,6-9-20-13)19-8-5-15-14(11-19)4-3-7-18(15)2/h13-15H,3-12,17H2,1-2H3. The fraction of sp³-hybridized carbons (Fsp3) is 1.00. The van der Waals surface area contributed by atoms with Crippen LogP contribution in [0.1, 0.15) is 39.0 Å². The monoisotopic (exact) mass is 281 g/mol. The molecule has 0 radical (unpaired) electrons. The minimum absolute atomic E-state index is 0.207. The van der Waals surface area contributed by atoms with E-state index < -0.39 is 0 Å². The van der Waals surface area contributed by atoms with Crippen molar-refractivity contribution in [3.8, 4) is 0 Å². The third-order valence-corrected chi connectivity index (χ3v) is 6.03. The van der Waals surface area contributed by atoms with Gasteiger partial charge in [-0.05, 0) is 58.5 Å². The molecule has 0 aromatic heterocycles. The molecule has 3 heterocycles. The van der Waals surface area contributed by atoms with E-state index in [4.69, 9.17) is 10.5 Å². The largest absolute Gasteiger partial charge is 0.378 e. The maximum atomic E-state index is 6.22. The Morgan fingerprint density at radius 2 is 2.15 bits per heavy atom. The van der Waals surface area contributed by atoms with Gasteiger partial charge in [0.25, 0.3) is 0 Å². The molecule has 4 heteroatoms. The second kappa shape index (κ2) is 5.91. The molecule has 2 N–H and O–H groups in total. The predicted octanol–water partition coefficient (Wildman–Crippen LogP) is 1.30. The van der Waals surface area contributed by atoms with Crippen molar-refractivity contribution in [2.45, 2.75) is 56.7 Å². The Balaban J connectivity index is 1.71. The van der Waals surface area contributed by atoms with Crippen molar-refractivity contribution in [1.29, 1.82) is 0 Å². The van der Waals surface area contributed by atoms with Gasteiger partial charge in [-0.3, -0.25) is 4.90 Å². The first-order valence-corrected chi connectivity index (χ1v) is 8.41. The molecule has 0 saturated carbocycles. The lowest BCUT2D eigenvalue weighted by Crippen LogP contribution is -2.64. The van der Waals surface area contributed by atoms with Gasteiger partial charge in [-0.1, -0.05) is 0 Å². The Morgan fingerprint density at radius 3 is 2.90 bits per heavy atom. The summed E-state index contributed by atoms with van der Waals surface area (Å²) in [5.74, 6) is 0.851. The molecule has 4 atom stereocenters. The van der Waals surface area contributed by atoms with E-state index in [0.717, 1.165) is 38.0 Å². The summed E-state index contributed by atoms with van der Waals surface area (Å²) in [5, 5.41) is 0. The molecular weight excluding hydrogens is 250 g/mol. The molecule has 0 bridgehead atoms. The highest BCUT2D eigenvalue weighted by Crippen LogP contribution is 2.37. The van der Waals surface area contributed by atoms with E-state index in [0.29, 0.717) is 6.10 Å². The molecule has 0 aromatic carbocycles. The van der Waals surface area contributed by atoms with E-state index in [9.17, 15) is 0 Å². The fourth-order valence-corrected chi connectivity index (χ4v) is 4.83. The topological polar surface area (TPSA) is 41.7 Å². The summed E-state index contributed by atoms with van der Waals surface area (Å²) in [5.41, 5.74) is 6.43. The maximum absolute atomic E-state index is 6.22. The Kier molecular flexibility index (Phi) is 4.37. The van der Waals surface area contributed by atoms with Crippen molar-refractivity contribution in [3.05, 3.63) is 0 Å². The first-order chi connectivity index (χ1) is 9.64. The summed E-state index contributed by atoms with van der Waals surface area (Å²) in [6, 6.07) is 0.812. The average molecular weight is 281 g/mol. The van der Waals surface area contributed by atoms with Gasteiger partial charge in [-0.25, -0.2) is 0 Å². The number of nitrogens with two attached hydrogens (primary N) is 1. The van der Waals surface area contributed by atoms with Crippen LogP contribution in [0.2, 0.25) is 0 Å². The summed E-state index contributed by atoms with van der Waals surface area (Å²) < 4.78 is 5.76. The number of piperidine rings is 2. The lowest BCUT2D eigenvalue weighted by atomic mass is 9.78. The van der Waals surface area contributed by atoms with Crippen LogP contribution in [0.3, 0.4) is 0 Å². The van der Waals surface area contributed by atoms with E-state index in [1.54, 1.807) is 0 Å². The van der Waals surface area contributed by atoms with Gasteiger partial charge in [0.15, 0.2) is 0 Å². The molecule has 0 spiro atoms. The molecule has 116 valence electrons. The first kappa shape index (κ1) is 14.8. The van der Waals surface area contributed by atoms with Crippen LogP contribution in [-0.4, -0.2) is 67.3 Å². The quantitative estimate of drug-likeness (QED) is 0.828. The van der Waals surface area contributed by atoms with Crippen LogP contribution in [0.4, 0.5) is 0 Å². The molecule has 4 nitrogen and oxygen atoms in total. The van der Waals surface area contributed by atoms with E-state index in [-0.39, 0.29) is 5.54 Å². The van der Waals surface area contributed by atoms with Gasteiger partial charge >= 0.3 is 0 Å². The van der Waals surface area contributed by atoms with Crippen molar-refractivity contribution in [2.75, 3.05) is 39.8 Å². The van der Waals surface area contributed by atoms with Crippen molar-refractivity contribution in [1.82, 2.24) is 9.80 Å². The van der Waals surface area contributed by atoms with Gasteiger partial charge in [0.05, 0.1) is 6.10 Å². The summed E-state index contributed by atoms with van der Waals surface area (Å²) in [4.78, 5) is 5.32. The van der Waals surface area contributed by atoms with Gasteiger partial charge in [-0.2, -0.15) is 0 Å². The highest BCUT2D eigenvalue weighted by Gasteiger charge is 2.44. The van der Waals surface area contributed by atoms with Crippen molar-refractivity contribution >= 4 is 0 Å². The molecule has 4 unspecified atom stereocenters. The summed E-state index contributed by atoms with van der Waals surface area (Å²) in [6.45, 7) is 7.62. The minimum Gasteiger partial charge on any atom is -0.378 e. The second-order valence-corrected chi connectivity index (χ2v) is 7.25. The molecule has 3 aliphatic rings. The van der Waals surface area contributed by atoms with Gasteiger partial charge in [-0.15, -0.1) is 0 Å². The number of rotatable bonds is 2. The Hall–Kier alpha value is -0.160. The zero-order valence-corrected chi connectivity index (χ0v) is 13.2. The normalized spacial score (nSPS) is 44.2. The Bertz CT molecular complexity index is 338. The number of fused-ring (bicyclic) bond motifs is 1. The molecule has 3 fully saturated rings. The molecule has 0 aromatic rings. The predicted molar refractivity (Wildman–Crippen MR) is 81.8 cm³/mol.